The van der Waals surface area contributed by atoms with E-state index in [1.807, 2.05) is 0 Å². The zero-order chi connectivity index (χ0) is 9.26. The van der Waals surface area contributed by atoms with Crippen molar-refractivity contribution < 1.29 is 9.90 Å². The Bertz CT molecular complexity index is 203. The first-order valence-corrected chi connectivity index (χ1v) is 5.25. The van der Waals surface area contributed by atoms with Crippen molar-refractivity contribution in [2.45, 2.75) is 38.1 Å². The first-order chi connectivity index (χ1) is 6.29. The van der Waals surface area contributed by atoms with Gasteiger partial charge in [-0.2, -0.15) is 0 Å². The van der Waals surface area contributed by atoms with Crippen LogP contribution in [-0.4, -0.2) is 23.7 Å². The van der Waals surface area contributed by atoms with Crippen LogP contribution in [-0.2, 0) is 4.79 Å². The van der Waals surface area contributed by atoms with Gasteiger partial charge in [-0.05, 0) is 31.7 Å². The Morgan fingerprint density at radius 3 is 2.77 bits per heavy atom. The van der Waals surface area contributed by atoms with Crippen molar-refractivity contribution in [3.8, 4) is 0 Å². The summed E-state index contributed by atoms with van der Waals surface area (Å²) < 4.78 is 0. The van der Waals surface area contributed by atoms with E-state index in [0.29, 0.717) is 12.0 Å². The highest BCUT2D eigenvalue weighted by Crippen LogP contribution is 2.34. The number of hydrogen-bond donors (Lipinski definition) is 2. The summed E-state index contributed by atoms with van der Waals surface area (Å²) >= 11 is 0. The van der Waals surface area contributed by atoms with Crippen molar-refractivity contribution >= 4 is 5.97 Å². The zero-order valence-electron chi connectivity index (χ0n) is 7.83. The molecule has 0 aromatic rings. The maximum Gasteiger partial charge on any atom is 0.306 e. The van der Waals surface area contributed by atoms with E-state index in [1.165, 1.54) is 19.3 Å². The molecule has 0 aromatic carbocycles. The van der Waals surface area contributed by atoms with Gasteiger partial charge in [0.1, 0.15) is 0 Å². The molecule has 0 amide bonds. The Balaban J connectivity index is 2.06. The molecular formula is C10H17NO2. The maximum atomic E-state index is 11.0. The summed E-state index contributed by atoms with van der Waals surface area (Å²) in [4.78, 5) is 11.0. The van der Waals surface area contributed by atoms with Crippen molar-refractivity contribution in [2.24, 2.45) is 11.8 Å². The summed E-state index contributed by atoms with van der Waals surface area (Å²) in [5.74, 6) is -0.259. The van der Waals surface area contributed by atoms with E-state index in [1.54, 1.807) is 0 Å². The Morgan fingerprint density at radius 2 is 2.00 bits per heavy atom. The number of carboxylic acid groups (broad SMARTS) is 1. The molecule has 0 aromatic heterocycles. The predicted molar refractivity (Wildman–Crippen MR) is 49.5 cm³/mol. The van der Waals surface area contributed by atoms with E-state index in [-0.39, 0.29) is 5.92 Å². The third kappa shape index (κ3) is 1.70. The van der Waals surface area contributed by atoms with Gasteiger partial charge in [-0.1, -0.05) is 12.8 Å². The van der Waals surface area contributed by atoms with Crippen molar-refractivity contribution in [1.82, 2.24) is 5.32 Å². The molecule has 0 unspecified atom stereocenters. The number of fused-ring (bicyclic) bond motifs is 1. The molecule has 1 aliphatic heterocycles. The van der Waals surface area contributed by atoms with Gasteiger partial charge in [-0.25, -0.2) is 0 Å². The largest absolute Gasteiger partial charge is 0.481 e. The van der Waals surface area contributed by atoms with Crippen LogP contribution >= 0.6 is 0 Å². The van der Waals surface area contributed by atoms with Gasteiger partial charge >= 0.3 is 5.97 Å². The van der Waals surface area contributed by atoms with E-state index >= 15 is 0 Å². The standard InChI is InChI=1S/C10H17NO2/c12-10(13)8-5-6-11-9-4-2-1-3-7(8)9/h7-9,11H,1-6H2,(H,12,13)/t7-,8+,9+/m0/s1. The van der Waals surface area contributed by atoms with Gasteiger partial charge in [0.15, 0.2) is 0 Å². The minimum Gasteiger partial charge on any atom is -0.481 e. The summed E-state index contributed by atoms with van der Waals surface area (Å²) in [5.41, 5.74) is 0. The second kappa shape index (κ2) is 3.66. The first-order valence-electron chi connectivity index (χ1n) is 5.25. The van der Waals surface area contributed by atoms with Crippen molar-refractivity contribution in [3.63, 3.8) is 0 Å². The number of carboxylic acids is 1. The topological polar surface area (TPSA) is 49.3 Å². The van der Waals surface area contributed by atoms with Gasteiger partial charge in [0.05, 0.1) is 5.92 Å². The number of piperidine rings is 1. The molecule has 1 heterocycles. The third-order valence-electron chi connectivity index (χ3n) is 3.52. The van der Waals surface area contributed by atoms with Gasteiger partial charge in [-0.3, -0.25) is 4.79 Å². The van der Waals surface area contributed by atoms with Crippen LogP contribution in [0.1, 0.15) is 32.1 Å². The summed E-state index contributed by atoms with van der Waals surface area (Å²) in [6.45, 7) is 0.887. The fraction of sp³-hybridized carbons (Fsp3) is 0.900. The van der Waals surface area contributed by atoms with E-state index in [2.05, 4.69) is 5.32 Å². The molecule has 0 bridgehead atoms. The summed E-state index contributed by atoms with van der Waals surface area (Å²) in [5, 5.41) is 12.5. The molecule has 3 nitrogen and oxygen atoms in total. The molecule has 1 saturated carbocycles. The van der Waals surface area contributed by atoms with Crippen molar-refractivity contribution in [1.29, 1.82) is 0 Å². The maximum absolute atomic E-state index is 11.0. The number of hydrogen-bond acceptors (Lipinski definition) is 2. The van der Waals surface area contributed by atoms with Crippen LogP contribution in [0.15, 0.2) is 0 Å². The Kier molecular flexibility index (Phi) is 2.54. The Morgan fingerprint density at radius 1 is 1.23 bits per heavy atom. The highest BCUT2D eigenvalue weighted by atomic mass is 16.4. The first kappa shape index (κ1) is 9.00. The molecule has 2 fully saturated rings. The zero-order valence-corrected chi connectivity index (χ0v) is 7.83. The van der Waals surface area contributed by atoms with Crippen LogP contribution < -0.4 is 5.32 Å². The Hall–Kier alpha value is -0.570. The number of rotatable bonds is 1. The summed E-state index contributed by atoms with van der Waals surface area (Å²) in [7, 11) is 0. The SMILES string of the molecule is O=C(O)[C@@H]1CCN[C@@H]2CCCC[C@H]21. The summed E-state index contributed by atoms with van der Waals surface area (Å²) in [6.07, 6.45) is 5.58. The molecule has 2 N–H and O–H groups in total. The molecule has 3 atom stereocenters. The third-order valence-corrected chi connectivity index (χ3v) is 3.52. The Labute approximate surface area is 78.5 Å². The minimum absolute atomic E-state index is 0.0773. The average molecular weight is 183 g/mol. The highest BCUT2D eigenvalue weighted by molar-refractivity contribution is 5.70. The normalized spacial score (nSPS) is 39.5. The molecule has 13 heavy (non-hydrogen) atoms. The van der Waals surface area contributed by atoms with Crippen LogP contribution in [0.25, 0.3) is 0 Å². The van der Waals surface area contributed by atoms with Crippen molar-refractivity contribution in [2.75, 3.05) is 6.54 Å². The fourth-order valence-electron chi connectivity index (χ4n) is 2.84. The average Bonchev–Trinajstić information content (AvgIpc) is 2.17. The molecule has 1 aliphatic carbocycles. The highest BCUT2D eigenvalue weighted by Gasteiger charge is 2.38. The van der Waals surface area contributed by atoms with Crippen LogP contribution in [0.4, 0.5) is 0 Å². The van der Waals surface area contributed by atoms with E-state index in [0.717, 1.165) is 19.4 Å². The molecule has 0 spiro atoms. The lowest BCUT2D eigenvalue weighted by Crippen LogP contribution is -2.49. The molecule has 0 radical (unpaired) electrons. The molecule has 74 valence electrons. The number of aliphatic carboxylic acids is 1. The van der Waals surface area contributed by atoms with Gasteiger partial charge in [0.2, 0.25) is 0 Å². The lowest BCUT2D eigenvalue weighted by Gasteiger charge is -2.40. The van der Waals surface area contributed by atoms with Crippen LogP contribution in [0.2, 0.25) is 0 Å². The lowest BCUT2D eigenvalue weighted by molar-refractivity contribution is -0.145. The smallest absolute Gasteiger partial charge is 0.306 e. The van der Waals surface area contributed by atoms with Crippen LogP contribution in [0.5, 0.6) is 0 Å². The summed E-state index contributed by atoms with van der Waals surface area (Å²) in [6, 6.07) is 0.489. The molecule has 2 aliphatic rings. The minimum atomic E-state index is -0.585. The molecule has 2 rings (SSSR count). The van der Waals surface area contributed by atoms with Gasteiger partial charge in [0, 0.05) is 6.04 Å². The van der Waals surface area contributed by atoms with Crippen LogP contribution in [0.3, 0.4) is 0 Å². The second-order valence-electron chi connectivity index (χ2n) is 4.24. The van der Waals surface area contributed by atoms with Crippen molar-refractivity contribution in [3.05, 3.63) is 0 Å². The molecular weight excluding hydrogens is 166 g/mol. The molecule has 1 saturated heterocycles. The number of carbonyl (C=O) groups is 1. The van der Waals surface area contributed by atoms with E-state index in [9.17, 15) is 4.79 Å². The lowest BCUT2D eigenvalue weighted by atomic mass is 9.73. The molecule has 3 heteroatoms. The van der Waals surface area contributed by atoms with Gasteiger partial charge in [0.25, 0.3) is 0 Å². The fourth-order valence-corrected chi connectivity index (χ4v) is 2.84. The monoisotopic (exact) mass is 183 g/mol. The quantitative estimate of drug-likeness (QED) is 0.643. The van der Waals surface area contributed by atoms with Gasteiger partial charge in [-0.15, -0.1) is 0 Å². The van der Waals surface area contributed by atoms with E-state index in [4.69, 9.17) is 5.11 Å². The van der Waals surface area contributed by atoms with E-state index < -0.39 is 5.97 Å². The number of nitrogens with one attached hydrogen (secondary N) is 1. The predicted octanol–water partition coefficient (Wildman–Crippen LogP) is 1.24. The van der Waals surface area contributed by atoms with Crippen LogP contribution in [0, 0.1) is 11.8 Å². The van der Waals surface area contributed by atoms with Gasteiger partial charge < -0.3 is 10.4 Å². The second-order valence-corrected chi connectivity index (χ2v) is 4.24.